The smallest absolute Gasteiger partial charge is 0.227 e. The molecule has 3 heteroatoms. The van der Waals surface area contributed by atoms with Gasteiger partial charge in [0.2, 0.25) is 5.91 Å². The van der Waals surface area contributed by atoms with E-state index in [0.717, 1.165) is 32.0 Å². The largest absolute Gasteiger partial charge is 0.339 e. The molecular formula is C13H22N2O. The van der Waals surface area contributed by atoms with Crippen LogP contribution in [0, 0.1) is 11.8 Å². The zero-order valence-electron chi connectivity index (χ0n) is 9.95. The molecule has 1 aliphatic heterocycles. The van der Waals surface area contributed by atoms with Gasteiger partial charge in [-0.15, -0.1) is 0 Å². The second kappa shape index (κ2) is 4.36. The van der Waals surface area contributed by atoms with Crippen LogP contribution in [0.5, 0.6) is 0 Å². The SMILES string of the molecule is O=C([C@H]1CCCNC1)N(CC1CC1)C1CC1. The fraction of sp³-hybridized carbons (Fsp3) is 0.923. The van der Waals surface area contributed by atoms with Gasteiger partial charge in [0.05, 0.1) is 5.92 Å². The van der Waals surface area contributed by atoms with Crippen molar-refractivity contribution >= 4 is 5.91 Å². The van der Waals surface area contributed by atoms with Crippen LogP contribution in [0.2, 0.25) is 0 Å². The first-order valence-corrected chi connectivity index (χ1v) is 6.86. The van der Waals surface area contributed by atoms with Crippen molar-refractivity contribution in [1.29, 1.82) is 0 Å². The first-order chi connectivity index (χ1) is 7.84. The molecule has 2 saturated carbocycles. The summed E-state index contributed by atoms with van der Waals surface area (Å²) in [6.45, 7) is 3.06. The number of rotatable bonds is 4. The Labute approximate surface area is 97.6 Å². The van der Waals surface area contributed by atoms with Crippen molar-refractivity contribution in [3.63, 3.8) is 0 Å². The summed E-state index contributed by atoms with van der Waals surface area (Å²) < 4.78 is 0. The number of hydrogen-bond acceptors (Lipinski definition) is 2. The van der Waals surface area contributed by atoms with Gasteiger partial charge in [0.15, 0.2) is 0 Å². The van der Waals surface area contributed by atoms with Crippen LogP contribution in [0.15, 0.2) is 0 Å². The molecule has 0 bridgehead atoms. The van der Waals surface area contributed by atoms with E-state index in [4.69, 9.17) is 0 Å². The highest BCUT2D eigenvalue weighted by Gasteiger charge is 2.38. The second-order valence-corrected chi connectivity index (χ2v) is 5.71. The summed E-state index contributed by atoms with van der Waals surface area (Å²) in [6.07, 6.45) is 7.45. The van der Waals surface area contributed by atoms with Gasteiger partial charge < -0.3 is 10.2 Å². The highest BCUT2D eigenvalue weighted by Crippen LogP contribution is 2.36. The normalized spacial score (nSPS) is 30.1. The average molecular weight is 222 g/mol. The number of nitrogens with one attached hydrogen (secondary N) is 1. The molecule has 1 amide bonds. The summed E-state index contributed by atoms with van der Waals surface area (Å²) in [5.74, 6) is 1.55. The number of nitrogens with zero attached hydrogens (tertiary/aromatic N) is 1. The van der Waals surface area contributed by atoms with E-state index >= 15 is 0 Å². The lowest BCUT2D eigenvalue weighted by atomic mass is 9.98. The first-order valence-electron chi connectivity index (χ1n) is 6.86. The number of hydrogen-bond donors (Lipinski definition) is 1. The van der Waals surface area contributed by atoms with Gasteiger partial charge >= 0.3 is 0 Å². The van der Waals surface area contributed by atoms with Crippen LogP contribution in [0.25, 0.3) is 0 Å². The maximum atomic E-state index is 12.4. The monoisotopic (exact) mass is 222 g/mol. The van der Waals surface area contributed by atoms with E-state index in [9.17, 15) is 4.79 Å². The zero-order chi connectivity index (χ0) is 11.0. The Balaban J connectivity index is 1.59. The summed E-state index contributed by atoms with van der Waals surface area (Å²) in [4.78, 5) is 14.6. The summed E-state index contributed by atoms with van der Waals surface area (Å²) in [7, 11) is 0. The van der Waals surface area contributed by atoms with Crippen LogP contribution in [0.4, 0.5) is 0 Å². The van der Waals surface area contributed by atoms with E-state index in [1.54, 1.807) is 0 Å². The molecule has 1 N–H and O–H groups in total. The minimum absolute atomic E-state index is 0.271. The molecule has 1 heterocycles. The lowest BCUT2D eigenvalue weighted by Gasteiger charge is -2.30. The molecule has 0 radical (unpaired) electrons. The Morgan fingerprint density at radius 2 is 2.00 bits per heavy atom. The number of amides is 1. The van der Waals surface area contributed by atoms with Gasteiger partial charge in [0.25, 0.3) is 0 Å². The summed E-state index contributed by atoms with van der Waals surface area (Å²) in [6, 6.07) is 0.607. The van der Waals surface area contributed by atoms with Gasteiger partial charge in [-0.25, -0.2) is 0 Å². The van der Waals surface area contributed by atoms with Crippen LogP contribution in [-0.2, 0) is 4.79 Å². The minimum atomic E-state index is 0.271. The number of carbonyl (C=O) groups excluding carboxylic acids is 1. The van der Waals surface area contributed by atoms with E-state index in [2.05, 4.69) is 10.2 Å². The van der Waals surface area contributed by atoms with Crippen molar-refractivity contribution in [2.45, 2.75) is 44.6 Å². The molecule has 3 nitrogen and oxygen atoms in total. The fourth-order valence-corrected chi connectivity index (χ4v) is 2.68. The van der Waals surface area contributed by atoms with Gasteiger partial charge in [0.1, 0.15) is 0 Å². The summed E-state index contributed by atoms with van der Waals surface area (Å²) in [5.41, 5.74) is 0. The highest BCUT2D eigenvalue weighted by molar-refractivity contribution is 5.80. The van der Waals surface area contributed by atoms with Crippen LogP contribution in [0.3, 0.4) is 0 Å². The average Bonchev–Trinajstić information content (AvgIpc) is 3.16. The molecule has 16 heavy (non-hydrogen) atoms. The molecular weight excluding hydrogens is 200 g/mol. The third kappa shape index (κ3) is 2.40. The van der Waals surface area contributed by atoms with Crippen LogP contribution < -0.4 is 5.32 Å². The van der Waals surface area contributed by atoms with Crippen LogP contribution in [-0.4, -0.2) is 36.5 Å². The molecule has 3 rings (SSSR count). The maximum Gasteiger partial charge on any atom is 0.227 e. The van der Waals surface area contributed by atoms with E-state index in [1.807, 2.05) is 0 Å². The molecule has 1 atom stereocenters. The molecule has 3 aliphatic rings. The number of piperidine rings is 1. The second-order valence-electron chi connectivity index (χ2n) is 5.71. The summed E-state index contributed by atoms with van der Waals surface area (Å²) >= 11 is 0. The molecule has 0 aromatic carbocycles. The topological polar surface area (TPSA) is 32.3 Å². The van der Waals surface area contributed by atoms with Crippen molar-refractivity contribution in [2.24, 2.45) is 11.8 Å². The Bertz CT molecular complexity index is 265. The highest BCUT2D eigenvalue weighted by atomic mass is 16.2. The predicted molar refractivity (Wildman–Crippen MR) is 63.1 cm³/mol. The molecule has 1 saturated heterocycles. The van der Waals surface area contributed by atoms with E-state index in [1.165, 1.54) is 32.1 Å². The molecule has 0 aromatic rings. The van der Waals surface area contributed by atoms with Gasteiger partial charge in [-0.1, -0.05) is 0 Å². The van der Waals surface area contributed by atoms with Gasteiger partial charge in [0, 0.05) is 19.1 Å². The Kier molecular flexibility index (Phi) is 2.88. The third-order valence-electron chi connectivity index (χ3n) is 4.07. The lowest BCUT2D eigenvalue weighted by Crippen LogP contribution is -2.44. The molecule has 0 unspecified atom stereocenters. The molecule has 2 aliphatic carbocycles. The van der Waals surface area contributed by atoms with Crippen molar-refractivity contribution in [2.75, 3.05) is 19.6 Å². The van der Waals surface area contributed by atoms with E-state index < -0.39 is 0 Å². The lowest BCUT2D eigenvalue weighted by molar-refractivity contribution is -0.137. The van der Waals surface area contributed by atoms with Crippen LogP contribution in [0.1, 0.15) is 38.5 Å². The van der Waals surface area contributed by atoms with Crippen molar-refractivity contribution < 1.29 is 4.79 Å². The Hall–Kier alpha value is -0.570. The molecule has 0 aromatic heterocycles. The predicted octanol–water partition coefficient (Wildman–Crippen LogP) is 1.39. The van der Waals surface area contributed by atoms with Crippen molar-refractivity contribution in [3.05, 3.63) is 0 Å². The third-order valence-corrected chi connectivity index (χ3v) is 4.07. The van der Waals surface area contributed by atoms with E-state index in [0.29, 0.717) is 11.9 Å². The fourth-order valence-electron chi connectivity index (χ4n) is 2.68. The van der Waals surface area contributed by atoms with Crippen molar-refractivity contribution in [1.82, 2.24) is 10.2 Å². The van der Waals surface area contributed by atoms with Gasteiger partial charge in [-0.2, -0.15) is 0 Å². The van der Waals surface area contributed by atoms with Crippen molar-refractivity contribution in [3.8, 4) is 0 Å². The number of carbonyl (C=O) groups is 1. The van der Waals surface area contributed by atoms with Gasteiger partial charge in [-0.3, -0.25) is 4.79 Å². The standard InChI is InChI=1S/C13H22N2O/c16-13(11-2-1-7-14-8-11)15(12-5-6-12)9-10-3-4-10/h10-12,14H,1-9H2/t11-/m0/s1. The first kappa shape index (κ1) is 10.6. The molecule has 90 valence electrons. The molecule has 3 fully saturated rings. The van der Waals surface area contributed by atoms with E-state index in [-0.39, 0.29) is 5.92 Å². The minimum Gasteiger partial charge on any atom is -0.339 e. The van der Waals surface area contributed by atoms with Crippen LogP contribution >= 0.6 is 0 Å². The summed E-state index contributed by atoms with van der Waals surface area (Å²) in [5, 5.41) is 3.35. The Morgan fingerprint density at radius 1 is 1.19 bits per heavy atom. The maximum absolute atomic E-state index is 12.4. The zero-order valence-corrected chi connectivity index (χ0v) is 9.95. The van der Waals surface area contributed by atoms with Gasteiger partial charge in [-0.05, 0) is 51.0 Å². The Morgan fingerprint density at radius 3 is 2.56 bits per heavy atom. The molecule has 0 spiro atoms. The quantitative estimate of drug-likeness (QED) is 0.779.